The summed E-state index contributed by atoms with van der Waals surface area (Å²) in [5.41, 5.74) is 0. The van der Waals surface area contributed by atoms with E-state index in [1.807, 2.05) is 17.1 Å². The van der Waals surface area contributed by atoms with Gasteiger partial charge in [-0.05, 0) is 25.7 Å². The molecule has 18 heavy (non-hydrogen) atoms. The molecule has 0 spiro atoms. The first-order valence-corrected chi connectivity index (χ1v) is 7.46. The Morgan fingerprint density at radius 2 is 1.78 bits per heavy atom. The summed E-state index contributed by atoms with van der Waals surface area (Å²) in [7, 11) is 0. The van der Waals surface area contributed by atoms with Gasteiger partial charge in [-0.25, -0.2) is 0 Å². The van der Waals surface area contributed by atoms with E-state index in [2.05, 4.69) is 13.0 Å². The summed E-state index contributed by atoms with van der Waals surface area (Å²) in [6.07, 6.45) is 17.5. The molecule has 1 saturated heterocycles. The SMILES string of the molecule is CCCCCC=CC=CC(=O)N1CCCCCC1. The van der Waals surface area contributed by atoms with Crippen LogP contribution in [0.1, 0.15) is 58.3 Å². The van der Waals surface area contributed by atoms with Crippen LogP contribution in [-0.4, -0.2) is 23.9 Å². The van der Waals surface area contributed by atoms with E-state index >= 15 is 0 Å². The Hall–Kier alpha value is -1.05. The number of likely N-dealkylation sites (tertiary alicyclic amines) is 1. The Bertz CT molecular complexity index is 273. The maximum absolute atomic E-state index is 11.9. The van der Waals surface area contributed by atoms with Crippen molar-refractivity contribution < 1.29 is 4.79 Å². The molecule has 0 bridgehead atoms. The van der Waals surface area contributed by atoms with E-state index in [4.69, 9.17) is 0 Å². The van der Waals surface area contributed by atoms with Gasteiger partial charge in [0.05, 0.1) is 0 Å². The van der Waals surface area contributed by atoms with Gasteiger partial charge in [0.25, 0.3) is 0 Å². The first kappa shape index (κ1) is 15.0. The van der Waals surface area contributed by atoms with Crippen molar-refractivity contribution in [1.29, 1.82) is 0 Å². The predicted octanol–water partition coefficient (Wildman–Crippen LogP) is 4.08. The van der Waals surface area contributed by atoms with Crippen LogP contribution >= 0.6 is 0 Å². The molecule has 0 aliphatic carbocycles. The molecule has 1 fully saturated rings. The molecule has 2 heteroatoms. The summed E-state index contributed by atoms with van der Waals surface area (Å²) in [5.74, 6) is 0.176. The molecule has 1 rings (SSSR count). The van der Waals surface area contributed by atoms with Gasteiger partial charge in [0.1, 0.15) is 0 Å². The molecular weight excluding hydrogens is 222 g/mol. The number of unbranched alkanes of at least 4 members (excludes halogenated alkanes) is 3. The topological polar surface area (TPSA) is 20.3 Å². The fourth-order valence-corrected chi connectivity index (χ4v) is 2.22. The average molecular weight is 249 g/mol. The molecule has 1 amide bonds. The molecule has 0 aromatic heterocycles. The number of allylic oxidation sites excluding steroid dienone is 3. The van der Waals surface area contributed by atoms with Gasteiger partial charge < -0.3 is 4.90 Å². The van der Waals surface area contributed by atoms with E-state index in [0.717, 1.165) is 32.4 Å². The van der Waals surface area contributed by atoms with Crippen LogP contribution in [0.15, 0.2) is 24.3 Å². The van der Waals surface area contributed by atoms with Crippen molar-refractivity contribution in [2.24, 2.45) is 0 Å². The lowest BCUT2D eigenvalue weighted by Gasteiger charge is -2.17. The van der Waals surface area contributed by atoms with E-state index in [1.54, 1.807) is 6.08 Å². The van der Waals surface area contributed by atoms with Crippen molar-refractivity contribution in [2.75, 3.05) is 13.1 Å². The quantitative estimate of drug-likeness (QED) is 0.394. The molecule has 0 atom stereocenters. The Morgan fingerprint density at radius 1 is 1.06 bits per heavy atom. The average Bonchev–Trinajstić information content (AvgIpc) is 2.66. The Morgan fingerprint density at radius 3 is 2.44 bits per heavy atom. The third kappa shape index (κ3) is 6.63. The molecule has 0 radical (unpaired) electrons. The Labute approximate surface area is 112 Å². The summed E-state index contributed by atoms with van der Waals surface area (Å²) in [4.78, 5) is 13.9. The van der Waals surface area contributed by atoms with Gasteiger partial charge in [-0.1, -0.05) is 50.8 Å². The third-order valence-corrected chi connectivity index (χ3v) is 3.38. The predicted molar refractivity (Wildman–Crippen MR) is 77.5 cm³/mol. The summed E-state index contributed by atoms with van der Waals surface area (Å²) in [5, 5.41) is 0. The maximum atomic E-state index is 11.9. The first-order chi connectivity index (χ1) is 8.84. The molecule has 0 aromatic rings. The number of hydrogen-bond donors (Lipinski definition) is 0. The number of carbonyl (C=O) groups is 1. The molecule has 2 nitrogen and oxygen atoms in total. The van der Waals surface area contributed by atoms with Gasteiger partial charge in [-0.3, -0.25) is 4.79 Å². The number of nitrogens with zero attached hydrogens (tertiary/aromatic N) is 1. The van der Waals surface area contributed by atoms with Gasteiger partial charge in [-0.2, -0.15) is 0 Å². The highest BCUT2D eigenvalue weighted by atomic mass is 16.2. The molecule has 1 heterocycles. The highest BCUT2D eigenvalue weighted by molar-refractivity contribution is 5.87. The summed E-state index contributed by atoms with van der Waals surface area (Å²) in [6.45, 7) is 4.08. The van der Waals surface area contributed by atoms with Crippen molar-refractivity contribution in [3.63, 3.8) is 0 Å². The molecular formula is C16H27NO. The Kier molecular flexibility index (Phi) is 8.28. The van der Waals surface area contributed by atoms with Gasteiger partial charge in [-0.15, -0.1) is 0 Å². The fourth-order valence-electron chi connectivity index (χ4n) is 2.22. The van der Waals surface area contributed by atoms with Crippen LogP contribution in [0.5, 0.6) is 0 Å². The van der Waals surface area contributed by atoms with E-state index in [1.165, 1.54) is 32.1 Å². The van der Waals surface area contributed by atoms with E-state index in [9.17, 15) is 4.79 Å². The number of hydrogen-bond acceptors (Lipinski definition) is 1. The van der Waals surface area contributed by atoms with Crippen molar-refractivity contribution in [2.45, 2.75) is 58.3 Å². The van der Waals surface area contributed by atoms with Crippen LogP contribution in [-0.2, 0) is 4.79 Å². The number of rotatable bonds is 6. The maximum Gasteiger partial charge on any atom is 0.246 e. The number of carbonyl (C=O) groups excluding carboxylic acids is 1. The van der Waals surface area contributed by atoms with Crippen LogP contribution in [0.25, 0.3) is 0 Å². The zero-order valence-corrected chi connectivity index (χ0v) is 11.7. The minimum atomic E-state index is 0.176. The van der Waals surface area contributed by atoms with Crippen LogP contribution < -0.4 is 0 Å². The lowest BCUT2D eigenvalue weighted by molar-refractivity contribution is -0.125. The Balaban J connectivity index is 2.21. The highest BCUT2D eigenvalue weighted by Gasteiger charge is 2.11. The van der Waals surface area contributed by atoms with E-state index in [0.29, 0.717) is 0 Å². The fraction of sp³-hybridized carbons (Fsp3) is 0.688. The van der Waals surface area contributed by atoms with Gasteiger partial charge in [0, 0.05) is 19.2 Å². The lowest BCUT2D eigenvalue weighted by Crippen LogP contribution is -2.30. The first-order valence-electron chi connectivity index (χ1n) is 7.46. The second-order valence-electron chi connectivity index (χ2n) is 5.02. The standard InChI is InChI=1S/C16H27NO/c1-2-3-4-5-6-7-10-13-16(18)17-14-11-8-9-12-15-17/h6-7,10,13H,2-5,8-9,11-12,14-15H2,1H3. The minimum absolute atomic E-state index is 0.176. The summed E-state index contributed by atoms with van der Waals surface area (Å²) in [6, 6.07) is 0. The number of amides is 1. The zero-order valence-electron chi connectivity index (χ0n) is 11.7. The third-order valence-electron chi connectivity index (χ3n) is 3.38. The van der Waals surface area contributed by atoms with Gasteiger partial charge in [0.2, 0.25) is 5.91 Å². The van der Waals surface area contributed by atoms with E-state index < -0.39 is 0 Å². The van der Waals surface area contributed by atoms with Crippen LogP contribution in [0.3, 0.4) is 0 Å². The molecule has 102 valence electrons. The van der Waals surface area contributed by atoms with Crippen LogP contribution in [0.4, 0.5) is 0 Å². The molecule has 0 unspecified atom stereocenters. The normalized spacial score (nSPS) is 17.5. The lowest BCUT2D eigenvalue weighted by atomic mass is 10.2. The zero-order chi connectivity index (χ0) is 13.1. The highest BCUT2D eigenvalue weighted by Crippen LogP contribution is 2.09. The molecule has 1 aliphatic rings. The molecule has 0 N–H and O–H groups in total. The molecule has 1 aliphatic heterocycles. The van der Waals surface area contributed by atoms with Crippen molar-refractivity contribution in [1.82, 2.24) is 4.90 Å². The monoisotopic (exact) mass is 249 g/mol. The second-order valence-corrected chi connectivity index (χ2v) is 5.02. The van der Waals surface area contributed by atoms with Crippen molar-refractivity contribution in [3.8, 4) is 0 Å². The largest absolute Gasteiger partial charge is 0.339 e. The molecule has 0 saturated carbocycles. The van der Waals surface area contributed by atoms with Crippen LogP contribution in [0, 0.1) is 0 Å². The second kappa shape index (κ2) is 9.93. The minimum Gasteiger partial charge on any atom is -0.339 e. The van der Waals surface area contributed by atoms with Crippen LogP contribution in [0.2, 0.25) is 0 Å². The van der Waals surface area contributed by atoms with Gasteiger partial charge in [0.15, 0.2) is 0 Å². The summed E-state index contributed by atoms with van der Waals surface area (Å²) >= 11 is 0. The van der Waals surface area contributed by atoms with E-state index in [-0.39, 0.29) is 5.91 Å². The van der Waals surface area contributed by atoms with Crippen molar-refractivity contribution >= 4 is 5.91 Å². The summed E-state index contributed by atoms with van der Waals surface area (Å²) < 4.78 is 0. The molecule has 0 aromatic carbocycles. The smallest absolute Gasteiger partial charge is 0.246 e. The van der Waals surface area contributed by atoms with Gasteiger partial charge >= 0.3 is 0 Å². The van der Waals surface area contributed by atoms with Crippen molar-refractivity contribution in [3.05, 3.63) is 24.3 Å².